The van der Waals surface area contributed by atoms with Gasteiger partial charge in [0.15, 0.2) is 0 Å². The lowest BCUT2D eigenvalue weighted by molar-refractivity contribution is 0.100. The zero-order valence-corrected chi connectivity index (χ0v) is 12.8. The van der Waals surface area contributed by atoms with Crippen LogP contribution in [0.25, 0.3) is 10.4 Å². The van der Waals surface area contributed by atoms with E-state index in [2.05, 4.69) is 5.32 Å². The smallest absolute Gasteiger partial charge is 0.317 e. The highest BCUT2D eigenvalue weighted by atomic mass is 32.1. The van der Waals surface area contributed by atoms with Crippen LogP contribution in [0, 0.1) is 0 Å². The largest absolute Gasteiger partial charge is 0.497 e. The van der Waals surface area contributed by atoms with Gasteiger partial charge in [-0.25, -0.2) is 4.79 Å². The average molecular weight is 321 g/mol. The van der Waals surface area contributed by atoms with Gasteiger partial charge in [-0.2, -0.15) is 0 Å². The number of primary amides is 2. The monoisotopic (exact) mass is 321 g/mol. The molecule has 2 rings (SSSR count). The van der Waals surface area contributed by atoms with Crippen molar-refractivity contribution < 1.29 is 19.1 Å². The predicted octanol–water partition coefficient (Wildman–Crippen LogP) is 2.02. The predicted molar refractivity (Wildman–Crippen MR) is 84.6 cm³/mol. The fourth-order valence-electron chi connectivity index (χ4n) is 1.91. The number of nitrogens with two attached hydrogens (primary N) is 2. The van der Waals surface area contributed by atoms with Crippen LogP contribution in [-0.2, 0) is 0 Å². The number of ether oxygens (including phenoxy) is 2. The van der Waals surface area contributed by atoms with Gasteiger partial charge in [0.1, 0.15) is 16.5 Å². The summed E-state index contributed by atoms with van der Waals surface area (Å²) in [6.07, 6.45) is 0. The van der Waals surface area contributed by atoms with Gasteiger partial charge >= 0.3 is 6.03 Å². The zero-order valence-electron chi connectivity index (χ0n) is 12.0. The number of benzene rings is 1. The minimum Gasteiger partial charge on any atom is -0.497 e. The molecule has 0 aliphatic carbocycles. The average Bonchev–Trinajstić information content (AvgIpc) is 2.89. The molecule has 8 heteroatoms. The number of thiophene rings is 1. The van der Waals surface area contributed by atoms with Crippen LogP contribution >= 0.6 is 11.3 Å². The van der Waals surface area contributed by atoms with Crippen LogP contribution in [0.5, 0.6) is 11.5 Å². The van der Waals surface area contributed by atoms with E-state index in [-0.39, 0.29) is 5.56 Å². The Bertz CT molecular complexity index is 727. The normalized spacial score (nSPS) is 10.1. The van der Waals surface area contributed by atoms with Gasteiger partial charge in [0.2, 0.25) is 0 Å². The third-order valence-corrected chi connectivity index (χ3v) is 3.99. The number of hydrogen-bond donors (Lipinski definition) is 3. The molecule has 0 fully saturated rings. The maximum absolute atomic E-state index is 11.5. The number of rotatable bonds is 5. The number of amides is 3. The number of nitrogens with one attached hydrogen (secondary N) is 1. The highest BCUT2D eigenvalue weighted by Crippen LogP contribution is 2.40. The molecule has 2 aromatic rings. The number of anilines is 1. The first kappa shape index (κ1) is 15.6. The summed E-state index contributed by atoms with van der Waals surface area (Å²) in [6.45, 7) is 0. The van der Waals surface area contributed by atoms with Gasteiger partial charge in [0, 0.05) is 16.5 Å². The molecule has 5 N–H and O–H groups in total. The molecule has 116 valence electrons. The van der Waals surface area contributed by atoms with E-state index in [1.807, 2.05) is 0 Å². The highest BCUT2D eigenvalue weighted by molar-refractivity contribution is 7.20. The topological polar surface area (TPSA) is 117 Å². The third kappa shape index (κ3) is 3.12. The van der Waals surface area contributed by atoms with Gasteiger partial charge in [-0.15, -0.1) is 11.3 Å². The third-order valence-electron chi connectivity index (χ3n) is 2.91. The maximum atomic E-state index is 11.5. The lowest BCUT2D eigenvalue weighted by atomic mass is 10.1. The Morgan fingerprint density at radius 2 is 1.86 bits per heavy atom. The summed E-state index contributed by atoms with van der Waals surface area (Å²) in [5, 5.41) is 2.69. The second kappa shape index (κ2) is 6.35. The molecule has 0 aliphatic rings. The maximum Gasteiger partial charge on any atom is 0.317 e. The van der Waals surface area contributed by atoms with Crippen molar-refractivity contribution in [2.75, 3.05) is 19.5 Å². The van der Waals surface area contributed by atoms with E-state index >= 15 is 0 Å². The first-order valence-corrected chi connectivity index (χ1v) is 7.00. The molecule has 0 saturated carbocycles. The van der Waals surface area contributed by atoms with Gasteiger partial charge < -0.3 is 20.9 Å². The van der Waals surface area contributed by atoms with E-state index in [1.54, 1.807) is 31.4 Å². The first-order valence-electron chi connectivity index (χ1n) is 6.18. The van der Waals surface area contributed by atoms with Crippen molar-refractivity contribution in [3.05, 3.63) is 29.8 Å². The van der Waals surface area contributed by atoms with Gasteiger partial charge in [-0.1, -0.05) is 0 Å². The summed E-state index contributed by atoms with van der Waals surface area (Å²) in [6, 6.07) is 6.10. The number of carbonyl (C=O) groups is 2. The van der Waals surface area contributed by atoms with Crippen LogP contribution < -0.4 is 26.3 Å². The molecule has 3 amide bonds. The van der Waals surface area contributed by atoms with Crippen molar-refractivity contribution in [2.45, 2.75) is 0 Å². The lowest BCUT2D eigenvalue weighted by Gasteiger charge is -2.08. The summed E-state index contributed by atoms with van der Waals surface area (Å²) >= 11 is 1.18. The second-order valence-corrected chi connectivity index (χ2v) is 5.33. The van der Waals surface area contributed by atoms with Crippen LogP contribution in [0.2, 0.25) is 0 Å². The number of methoxy groups -OCH3 is 2. The molecule has 1 heterocycles. The molecule has 0 aliphatic heterocycles. The molecular weight excluding hydrogens is 306 g/mol. The van der Waals surface area contributed by atoms with Crippen LogP contribution in [0.15, 0.2) is 24.3 Å². The SMILES string of the molecule is COc1ccc(-c2cc(C(N)=O)c(NC(N)=O)s2)c(OC)c1. The molecule has 0 spiro atoms. The van der Waals surface area contributed by atoms with Gasteiger partial charge in [0.25, 0.3) is 5.91 Å². The Morgan fingerprint density at radius 3 is 2.41 bits per heavy atom. The fourth-order valence-corrected chi connectivity index (χ4v) is 3.01. The molecule has 0 radical (unpaired) electrons. The minimum atomic E-state index is -0.766. The molecule has 0 saturated heterocycles. The molecular formula is C14H15N3O4S. The van der Waals surface area contributed by atoms with Crippen molar-refractivity contribution in [3.63, 3.8) is 0 Å². The fraction of sp³-hybridized carbons (Fsp3) is 0.143. The molecule has 0 unspecified atom stereocenters. The Balaban J connectivity index is 2.53. The van der Waals surface area contributed by atoms with Gasteiger partial charge in [-0.3, -0.25) is 10.1 Å². The first-order chi connectivity index (χ1) is 10.5. The number of hydrogen-bond acceptors (Lipinski definition) is 5. The Kier molecular flexibility index (Phi) is 4.52. The quantitative estimate of drug-likeness (QED) is 0.781. The number of urea groups is 1. The summed E-state index contributed by atoms with van der Waals surface area (Å²) in [5.41, 5.74) is 11.4. The van der Waals surface area contributed by atoms with Crippen molar-refractivity contribution >= 4 is 28.3 Å². The molecule has 1 aromatic carbocycles. The van der Waals surface area contributed by atoms with E-state index in [9.17, 15) is 9.59 Å². The van der Waals surface area contributed by atoms with Gasteiger partial charge in [-0.05, 0) is 18.2 Å². The van der Waals surface area contributed by atoms with Crippen LogP contribution in [0.4, 0.5) is 9.80 Å². The van der Waals surface area contributed by atoms with E-state index < -0.39 is 11.9 Å². The molecule has 7 nitrogen and oxygen atoms in total. The van der Waals surface area contributed by atoms with Crippen molar-refractivity contribution in [2.24, 2.45) is 11.5 Å². The second-order valence-electron chi connectivity index (χ2n) is 4.27. The summed E-state index contributed by atoms with van der Waals surface area (Å²) in [5.74, 6) is 0.559. The lowest BCUT2D eigenvalue weighted by Crippen LogP contribution is -2.21. The van der Waals surface area contributed by atoms with Crippen LogP contribution in [-0.4, -0.2) is 26.2 Å². The van der Waals surface area contributed by atoms with E-state index in [0.29, 0.717) is 21.4 Å². The van der Waals surface area contributed by atoms with E-state index in [0.717, 1.165) is 5.56 Å². The molecule has 1 aromatic heterocycles. The Morgan fingerprint density at radius 1 is 1.14 bits per heavy atom. The molecule has 0 atom stereocenters. The van der Waals surface area contributed by atoms with Crippen molar-refractivity contribution in [1.29, 1.82) is 0 Å². The standard InChI is InChI=1S/C14H15N3O4S/c1-20-7-3-4-8(10(5-7)21-2)11-6-9(12(15)18)13(22-11)17-14(16)19/h3-6H,1-2H3,(H2,15,18)(H3,16,17,19). The van der Waals surface area contributed by atoms with Gasteiger partial charge in [0.05, 0.1) is 19.8 Å². The number of carbonyl (C=O) groups excluding carboxylic acids is 2. The molecule has 0 bridgehead atoms. The Hall–Kier alpha value is -2.74. The summed E-state index contributed by atoms with van der Waals surface area (Å²) < 4.78 is 10.5. The van der Waals surface area contributed by atoms with Crippen molar-refractivity contribution in [1.82, 2.24) is 0 Å². The van der Waals surface area contributed by atoms with Crippen molar-refractivity contribution in [3.8, 4) is 21.9 Å². The zero-order chi connectivity index (χ0) is 16.3. The van der Waals surface area contributed by atoms with E-state index in [4.69, 9.17) is 20.9 Å². The highest BCUT2D eigenvalue weighted by Gasteiger charge is 2.18. The minimum absolute atomic E-state index is 0.191. The summed E-state index contributed by atoms with van der Waals surface area (Å²) in [7, 11) is 3.09. The van der Waals surface area contributed by atoms with E-state index in [1.165, 1.54) is 18.4 Å². The van der Waals surface area contributed by atoms with Crippen LogP contribution in [0.3, 0.4) is 0 Å². The van der Waals surface area contributed by atoms with Crippen LogP contribution in [0.1, 0.15) is 10.4 Å². The summed E-state index contributed by atoms with van der Waals surface area (Å²) in [4.78, 5) is 23.2. The Labute approximate surface area is 130 Å². The molecule has 22 heavy (non-hydrogen) atoms.